The first-order valence-corrected chi connectivity index (χ1v) is 14.0. The van der Waals surface area contributed by atoms with Crippen molar-refractivity contribution in [2.24, 2.45) is 0 Å². The van der Waals surface area contributed by atoms with Crippen LogP contribution in [0, 0.1) is 13.8 Å². The van der Waals surface area contributed by atoms with Gasteiger partial charge in [0.05, 0.1) is 11.4 Å². The number of fused-ring (bicyclic) bond motifs is 2. The normalized spacial score (nSPS) is 12.3. The van der Waals surface area contributed by atoms with Crippen molar-refractivity contribution in [3.05, 3.63) is 132 Å². The van der Waals surface area contributed by atoms with Gasteiger partial charge in [0.1, 0.15) is 0 Å². The molecule has 0 N–H and O–H groups in total. The van der Waals surface area contributed by atoms with Gasteiger partial charge in [0, 0.05) is 32.5 Å². The van der Waals surface area contributed by atoms with Crippen LogP contribution in [0.5, 0.6) is 0 Å². The summed E-state index contributed by atoms with van der Waals surface area (Å²) in [4.78, 5) is 7.32. The lowest BCUT2D eigenvalue weighted by molar-refractivity contribution is 0.864. The molecule has 0 aromatic heterocycles. The van der Waals surface area contributed by atoms with E-state index in [0.29, 0.717) is 5.92 Å². The van der Waals surface area contributed by atoms with Crippen LogP contribution in [0.2, 0.25) is 0 Å². The van der Waals surface area contributed by atoms with Crippen molar-refractivity contribution in [1.29, 1.82) is 0 Å². The first-order valence-electron chi connectivity index (χ1n) is 13.2. The van der Waals surface area contributed by atoms with E-state index in [9.17, 15) is 0 Å². The van der Waals surface area contributed by atoms with Gasteiger partial charge < -0.3 is 9.80 Å². The molecule has 5 aromatic carbocycles. The van der Waals surface area contributed by atoms with Gasteiger partial charge in [-0.05, 0) is 86.0 Å². The predicted molar refractivity (Wildman–Crippen MR) is 163 cm³/mol. The molecule has 0 saturated heterocycles. The molecule has 0 amide bonds. The van der Waals surface area contributed by atoms with Crippen LogP contribution in [0.25, 0.3) is 0 Å². The summed E-state index contributed by atoms with van der Waals surface area (Å²) in [5, 5.41) is 0. The van der Waals surface area contributed by atoms with E-state index < -0.39 is 0 Å². The fourth-order valence-corrected chi connectivity index (χ4v) is 6.25. The second-order valence-corrected chi connectivity index (χ2v) is 11.4. The van der Waals surface area contributed by atoms with Crippen molar-refractivity contribution in [1.82, 2.24) is 0 Å². The molecule has 0 saturated carbocycles. The molecule has 1 aliphatic heterocycles. The summed E-state index contributed by atoms with van der Waals surface area (Å²) in [7, 11) is 0. The van der Waals surface area contributed by atoms with Gasteiger partial charge in [-0.3, -0.25) is 0 Å². The molecule has 0 spiro atoms. The zero-order valence-corrected chi connectivity index (χ0v) is 23.2. The lowest BCUT2D eigenvalue weighted by Gasteiger charge is -2.34. The molecule has 1 heterocycles. The minimum Gasteiger partial charge on any atom is -0.310 e. The van der Waals surface area contributed by atoms with Gasteiger partial charge in [-0.25, -0.2) is 0 Å². The molecule has 0 radical (unpaired) electrons. The molecule has 3 heteroatoms. The van der Waals surface area contributed by atoms with Crippen LogP contribution < -0.4 is 9.80 Å². The van der Waals surface area contributed by atoms with Crippen LogP contribution >= 0.6 is 11.8 Å². The summed E-state index contributed by atoms with van der Waals surface area (Å²) < 4.78 is 0. The highest BCUT2D eigenvalue weighted by Crippen LogP contribution is 2.53. The monoisotopic (exact) mass is 512 g/mol. The highest BCUT2D eigenvalue weighted by atomic mass is 32.2. The van der Waals surface area contributed by atoms with Crippen LogP contribution in [0.1, 0.15) is 36.5 Å². The predicted octanol–water partition coefficient (Wildman–Crippen LogP) is 10.8. The zero-order chi connectivity index (χ0) is 26.2. The Morgan fingerprint density at radius 2 is 1.21 bits per heavy atom. The molecule has 5 aromatic rings. The Morgan fingerprint density at radius 1 is 0.605 bits per heavy atom. The number of para-hydroxylation sites is 2. The Labute approximate surface area is 230 Å². The summed E-state index contributed by atoms with van der Waals surface area (Å²) in [6.45, 7) is 8.82. The lowest BCUT2D eigenvalue weighted by Crippen LogP contribution is -2.16. The van der Waals surface area contributed by atoms with Gasteiger partial charge in [0.2, 0.25) is 0 Å². The molecular formula is C35H32N2S. The second kappa shape index (κ2) is 10.1. The third-order valence-corrected chi connectivity index (χ3v) is 8.26. The van der Waals surface area contributed by atoms with E-state index in [0.717, 1.165) is 5.69 Å². The van der Waals surface area contributed by atoms with Crippen molar-refractivity contribution < 1.29 is 0 Å². The molecule has 6 rings (SSSR count). The van der Waals surface area contributed by atoms with Gasteiger partial charge in [-0.15, -0.1) is 0 Å². The van der Waals surface area contributed by atoms with E-state index in [2.05, 4.69) is 153 Å². The summed E-state index contributed by atoms with van der Waals surface area (Å²) in [5.74, 6) is 0.412. The number of rotatable bonds is 5. The van der Waals surface area contributed by atoms with Gasteiger partial charge in [0.25, 0.3) is 0 Å². The number of aryl methyl sites for hydroxylation is 2. The summed E-state index contributed by atoms with van der Waals surface area (Å²) in [6.07, 6.45) is 0. The molecule has 1 aliphatic rings. The Morgan fingerprint density at radius 3 is 1.95 bits per heavy atom. The maximum absolute atomic E-state index is 2.41. The van der Waals surface area contributed by atoms with Crippen LogP contribution in [0.4, 0.5) is 34.1 Å². The first kappa shape index (κ1) is 24.4. The number of benzene rings is 5. The third kappa shape index (κ3) is 4.48. The van der Waals surface area contributed by atoms with Crippen molar-refractivity contribution in [2.75, 3.05) is 9.80 Å². The van der Waals surface area contributed by atoms with E-state index in [1.165, 1.54) is 54.9 Å². The molecular weight excluding hydrogens is 480 g/mol. The van der Waals surface area contributed by atoms with E-state index >= 15 is 0 Å². The van der Waals surface area contributed by atoms with Gasteiger partial charge in [-0.1, -0.05) is 91.3 Å². The molecule has 0 atom stereocenters. The van der Waals surface area contributed by atoms with Gasteiger partial charge in [0.15, 0.2) is 0 Å². The maximum Gasteiger partial charge on any atom is 0.0603 e. The third-order valence-electron chi connectivity index (χ3n) is 7.15. The van der Waals surface area contributed by atoms with Crippen LogP contribution in [0.15, 0.2) is 125 Å². The highest BCUT2D eigenvalue weighted by Gasteiger charge is 2.26. The van der Waals surface area contributed by atoms with Crippen molar-refractivity contribution in [3.63, 3.8) is 0 Å². The molecule has 0 unspecified atom stereocenters. The molecule has 0 aliphatic carbocycles. The summed E-state index contributed by atoms with van der Waals surface area (Å²) >= 11 is 1.85. The number of hydrogen-bond acceptors (Lipinski definition) is 3. The number of hydrogen-bond donors (Lipinski definition) is 0. The second-order valence-electron chi connectivity index (χ2n) is 10.3. The van der Waals surface area contributed by atoms with Crippen LogP contribution in [-0.2, 0) is 0 Å². The SMILES string of the molecule is Cc1ccc(N(c2ccc3c(c2)Sc2ccccc2N3c2ccc(C)cc2)c2ccccc2C(C)C)cc1. The van der Waals surface area contributed by atoms with Crippen molar-refractivity contribution >= 4 is 45.9 Å². The Hall–Kier alpha value is -3.95. The quantitative estimate of drug-likeness (QED) is 0.227. The van der Waals surface area contributed by atoms with E-state index in [1.54, 1.807) is 0 Å². The van der Waals surface area contributed by atoms with E-state index in [4.69, 9.17) is 0 Å². The van der Waals surface area contributed by atoms with Gasteiger partial charge in [-0.2, -0.15) is 0 Å². The first-order chi connectivity index (χ1) is 18.5. The Kier molecular flexibility index (Phi) is 6.47. The number of nitrogens with zero attached hydrogens (tertiary/aromatic N) is 2. The minimum atomic E-state index is 0.412. The topological polar surface area (TPSA) is 6.48 Å². The lowest BCUT2D eigenvalue weighted by atomic mass is 9.99. The zero-order valence-electron chi connectivity index (χ0n) is 22.3. The smallest absolute Gasteiger partial charge is 0.0603 e. The molecule has 0 fully saturated rings. The van der Waals surface area contributed by atoms with E-state index in [1.807, 2.05) is 11.8 Å². The fraction of sp³-hybridized carbons (Fsp3) is 0.143. The van der Waals surface area contributed by atoms with E-state index in [-0.39, 0.29) is 0 Å². The molecule has 0 bridgehead atoms. The molecule has 2 nitrogen and oxygen atoms in total. The standard InChI is InChI=1S/C35H32N2S/c1-24(2)30-9-5-6-10-31(30)36(27-17-13-25(3)14-18-27)29-21-22-33-35(23-29)38-34-12-8-7-11-32(34)37(33)28-19-15-26(4)16-20-28/h5-24H,1-4H3. The molecule has 38 heavy (non-hydrogen) atoms. The Balaban J connectivity index is 1.53. The summed E-state index contributed by atoms with van der Waals surface area (Å²) in [5.41, 5.74) is 11.0. The molecule has 188 valence electrons. The minimum absolute atomic E-state index is 0.412. The largest absolute Gasteiger partial charge is 0.310 e. The summed E-state index contributed by atoms with van der Waals surface area (Å²) in [6, 6.07) is 42.1. The average molecular weight is 513 g/mol. The van der Waals surface area contributed by atoms with Crippen molar-refractivity contribution in [2.45, 2.75) is 43.4 Å². The van der Waals surface area contributed by atoms with Crippen LogP contribution in [-0.4, -0.2) is 0 Å². The van der Waals surface area contributed by atoms with Crippen molar-refractivity contribution in [3.8, 4) is 0 Å². The highest BCUT2D eigenvalue weighted by molar-refractivity contribution is 7.99. The fourth-order valence-electron chi connectivity index (χ4n) is 5.16. The maximum atomic E-state index is 2.41. The van der Waals surface area contributed by atoms with Gasteiger partial charge >= 0.3 is 0 Å². The van der Waals surface area contributed by atoms with Crippen LogP contribution in [0.3, 0.4) is 0 Å². The Bertz CT molecular complexity index is 1590. The number of anilines is 6. The average Bonchev–Trinajstić information content (AvgIpc) is 2.93.